The van der Waals surface area contributed by atoms with E-state index in [-0.39, 0.29) is 58.8 Å². The molecule has 0 saturated heterocycles. The number of phenolic OH excluding ortho intramolecular Hbond substituents is 1. The van der Waals surface area contributed by atoms with Gasteiger partial charge < -0.3 is 45.4 Å². The van der Waals surface area contributed by atoms with Crippen LogP contribution in [0.2, 0.25) is 5.02 Å². The number of likely N-dealkylation sites (N-methyl/N-ethyl adjacent to an activating group) is 1. The number of nitrogens with two attached hydrogens (primary N) is 1. The predicted molar refractivity (Wildman–Crippen MR) is 225 cm³/mol. The number of hydrogen-bond acceptors (Lipinski definition) is 10. The van der Waals surface area contributed by atoms with Crippen LogP contribution in [0.3, 0.4) is 0 Å². The number of aromatic amines is 1. The van der Waals surface area contributed by atoms with E-state index in [1.54, 1.807) is 36.2 Å². The second kappa shape index (κ2) is 19.7. The number of aryl methyl sites for hydroxylation is 1. The molecule has 4 aromatic carbocycles. The average Bonchev–Trinajstić information content (AvgIpc) is 3.22. The van der Waals surface area contributed by atoms with Gasteiger partial charge in [-0.05, 0) is 79.5 Å². The van der Waals surface area contributed by atoms with E-state index in [0.717, 1.165) is 42.4 Å². The second-order valence-corrected chi connectivity index (χ2v) is 15.0. The highest BCUT2D eigenvalue weighted by Crippen LogP contribution is 2.34. The summed E-state index contributed by atoms with van der Waals surface area (Å²) in [4.78, 5) is 42.0. The summed E-state index contributed by atoms with van der Waals surface area (Å²) in [6.45, 7) is 0.690. The van der Waals surface area contributed by atoms with Gasteiger partial charge in [-0.15, -0.1) is 0 Å². The first-order chi connectivity index (χ1) is 28.0. The first kappa shape index (κ1) is 42.0. The lowest BCUT2D eigenvalue weighted by atomic mass is 9.94. The molecule has 1 atom stereocenters. The third-order valence-corrected chi connectivity index (χ3v) is 10.7. The average molecular weight is 812 g/mol. The molecule has 1 saturated carbocycles. The van der Waals surface area contributed by atoms with E-state index < -0.39 is 12.2 Å². The van der Waals surface area contributed by atoms with Crippen LogP contribution >= 0.6 is 11.6 Å². The lowest BCUT2D eigenvalue weighted by molar-refractivity contribution is -0.132. The first-order valence-corrected chi connectivity index (χ1v) is 19.7. The maximum Gasteiger partial charge on any atom is 0.411 e. The molecule has 1 fully saturated rings. The molecular formula is C44H50ClN5O8. The Hall–Kier alpha value is -5.60. The number of nitrogens with zero attached hydrogens (tertiary/aromatic N) is 1. The minimum atomic E-state index is -0.946. The number of methoxy groups -OCH3 is 1. The number of phenols is 1. The molecular weight excluding hydrogens is 762 g/mol. The maximum atomic E-state index is 13.1. The molecule has 0 spiro atoms. The molecule has 0 bridgehead atoms. The number of aromatic nitrogens is 1. The van der Waals surface area contributed by atoms with E-state index in [2.05, 4.69) is 15.6 Å². The molecule has 2 amide bonds. The highest BCUT2D eigenvalue weighted by Gasteiger charge is 2.23. The summed E-state index contributed by atoms with van der Waals surface area (Å²) in [7, 11) is 3.23. The number of nitrogens with one attached hydrogen (secondary N) is 3. The molecule has 1 aliphatic rings. The van der Waals surface area contributed by atoms with Crippen molar-refractivity contribution in [1.29, 1.82) is 0 Å². The molecule has 306 valence electrons. The number of aliphatic hydroxyl groups is 1. The van der Waals surface area contributed by atoms with Gasteiger partial charge in [-0.1, -0.05) is 60.1 Å². The molecule has 7 N–H and O–H groups in total. The van der Waals surface area contributed by atoms with Gasteiger partial charge in [0.15, 0.2) is 6.61 Å². The Labute approximate surface area is 342 Å². The summed E-state index contributed by atoms with van der Waals surface area (Å²) in [6, 6.07) is 25.2. The Morgan fingerprint density at radius 2 is 1.78 bits per heavy atom. The van der Waals surface area contributed by atoms with Gasteiger partial charge in [0.25, 0.3) is 5.91 Å². The number of H-pyrrole nitrogens is 1. The standard InChI is InChI=1S/C44H50ClN5O8/c1-50(20-6-7-27-10-15-32(28-8-4-3-5-9-28)36(21-27)48-44(55)58-31-13-11-30(46)12-14-31)42(54)26-57-40-23-39(56-2)29(22-35(40)45)24-47-25-38(52)33-16-18-37(51)43-34(33)17-19-41(53)49-43/h3-5,8-10,15-19,21-23,30-31,38,47,51-52H,6-7,11-14,20,24-26,46H2,1-2H3,(H,48,55)(H,49,53)/t30?,31?,38-/m0/s1. The van der Waals surface area contributed by atoms with Gasteiger partial charge in [0.05, 0.1) is 29.4 Å². The van der Waals surface area contributed by atoms with Crippen LogP contribution < -0.4 is 31.4 Å². The number of aromatic hydroxyl groups is 1. The van der Waals surface area contributed by atoms with Crippen molar-refractivity contribution in [2.75, 3.05) is 39.2 Å². The monoisotopic (exact) mass is 811 g/mol. The van der Waals surface area contributed by atoms with Crippen molar-refractivity contribution in [2.45, 2.75) is 63.3 Å². The molecule has 5 aromatic rings. The highest BCUT2D eigenvalue weighted by atomic mass is 35.5. The Balaban J connectivity index is 0.996. The minimum Gasteiger partial charge on any atom is -0.506 e. The van der Waals surface area contributed by atoms with E-state index in [1.807, 2.05) is 48.5 Å². The van der Waals surface area contributed by atoms with Crippen molar-refractivity contribution < 1.29 is 34.0 Å². The zero-order chi connectivity index (χ0) is 41.2. The van der Waals surface area contributed by atoms with Crippen molar-refractivity contribution in [3.8, 4) is 28.4 Å². The summed E-state index contributed by atoms with van der Waals surface area (Å²) in [5.74, 6) is 0.457. The van der Waals surface area contributed by atoms with Gasteiger partial charge in [-0.3, -0.25) is 14.9 Å². The zero-order valence-corrected chi connectivity index (χ0v) is 33.4. The summed E-state index contributed by atoms with van der Waals surface area (Å²) in [6.07, 6.45) is 2.94. The number of anilines is 1. The van der Waals surface area contributed by atoms with Crippen molar-refractivity contribution in [3.63, 3.8) is 0 Å². The number of fused-ring (bicyclic) bond motifs is 1. The molecule has 1 aliphatic carbocycles. The molecule has 0 aliphatic heterocycles. The van der Waals surface area contributed by atoms with Crippen LogP contribution in [0.15, 0.2) is 89.7 Å². The number of carbonyl (C=O) groups is 2. The molecule has 6 rings (SSSR count). The molecule has 13 nitrogen and oxygen atoms in total. The van der Waals surface area contributed by atoms with Gasteiger partial charge in [-0.2, -0.15) is 0 Å². The third-order valence-electron chi connectivity index (χ3n) is 10.4. The fraction of sp³-hybridized carbons (Fsp3) is 0.341. The molecule has 14 heteroatoms. The van der Waals surface area contributed by atoms with E-state index in [0.29, 0.717) is 53.9 Å². The molecule has 0 unspecified atom stereocenters. The molecule has 0 radical (unpaired) electrons. The van der Waals surface area contributed by atoms with E-state index in [1.165, 1.54) is 19.2 Å². The summed E-state index contributed by atoms with van der Waals surface area (Å²) < 4.78 is 17.2. The lowest BCUT2D eigenvalue weighted by Crippen LogP contribution is -2.32. The quantitative estimate of drug-likeness (QED) is 0.0628. The highest BCUT2D eigenvalue weighted by molar-refractivity contribution is 6.32. The zero-order valence-electron chi connectivity index (χ0n) is 32.6. The normalized spacial score (nSPS) is 15.7. The minimum absolute atomic E-state index is 0.0848. The van der Waals surface area contributed by atoms with Crippen LogP contribution in [-0.4, -0.2) is 78.1 Å². The van der Waals surface area contributed by atoms with Gasteiger partial charge in [0.2, 0.25) is 5.56 Å². The van der Waals surface area contributed by atoms with Crippen LogP contribution in [-0.2, 0) is 22.5 Å². The fourth-order valence-corrected chi connectivity index (χ4v) is 7.37. The number of carbonyl (C=O) groups excluding carboxylic acids is 2. The van der Waals surface area contributed by atoms with Gasteiger partial charge in [0, 0.05) is 61.4 Å². The number of pyridine rings is 1. The number of rotatable bonds is 16. The van der Waals surface area contributed by atoms with Crippen molar-refractivity contribution >= 4 is 40.2 Å². The lowest BCUT2D eigenvalue weighted by Gasteiger charge is -2.26. The van der Waals surface area contributed by atoms with Crippen LogP contribution in [0.25, 0.3) is 22.0 Å². The SMILES string of the molecule is COc1cc(OCC(=O)N(C)CCCc2ccc(-c3ccccc3)c(NC(=O)OC3CCC(N)CC3)c2)c(Cl)cc1CNC[C@H](O)c1ccc(O)c2[nH]c(=O)ccc12. The number of ether oxygens (including phenoxy) is 3. The topological polar surface area (TPSA) is 188 Å². The van der Waals surface area contributed by atoms with Crippen molar-refractivity contribution in [1.82, 2.24) is 15.2 Å². The molecule has 1 heterocycles. The van der Waals surface area contributed by atoms with Gasteiger partial charge >= 0.3 is 6.09 Å². The van der Waals surface area contributed by atoms with Gasteiger partial charge in [0.1, 0.15) is 23.4 Å². The Bertz CT molecular complexity index is 2260. The Morgan fingerprint density at radius 3 is 2.53 bits per heavy atom. The number of hydrogen-bond donors (Lipinski definition) is 6. The Morgan fingerprint density at radius 1 is 1.00 bits per heavy atom. The summed E-state index contributed by atoms with van der Waals surface area (Å²) in [5.41, 5.74) is 10.7. The second-order valence-electron chi connectivity index (χ2n) is 14.5. The molecule has 58 heavy (non-hydrogen) atoms. The van der Waals surface area contributed by atoms with E-state index in [4.69, 9.17) is 31.5 Å². The Kier molecular flexibility index (Phi) is 14.3. The van der Waals surface area contributed by atoms with Crippen LogP contribution in [0, 0.1) is 0 Å². The van der Waals surface area contributed by atoms with Crippen molar-refractivity contribution in [3.05, 3.63) is 117 Å². The number of halogens is 1. The largest absolute Gasteiger partial charge is 0.506 e. The first-order valence-electron chi connectivity index (χ1n) is 19.4. The summed E-state index contributed by atoms with van der Waals surface area (Å²) >= 11 is 6.58. The number of aliphatic hydroxyl groups excluding tert-OH is 1. The van der Waals surface area contributed by atoms with E-state index in [9.17, 15) is 24.6 Å². The molecule has 1 aromatic heterocycles. The summed E-state index contributed by atoms with van der Waals surface area (Å²) in [5, 5.41) is 28.1. The van der Waals surface area contributed by atoms with Gasteiger partial charge in [-0.25, -0.2) is 4.79 Å². The third kappa shape index (κ3) is 10.9. The smallest absolute Gasteiger partial charge is 0.411 e. The van der Waals surface area contributed by atoms with Crippen LogP contribution in [0.5, 0.6) is 17.2 Å². The van der Waals surface area contributed by atoms with Crippen molar-refractivity contribution in [2.24, 2.45) is 5.73 Å². The fourth-order valence-electron chi connectivity index (χ4n) is 7.13. The maximum absolute atomic E-state index is 13.1. The predicted octanol–water partition coefficient (Wildman–Crippen LogP) is 6.67. The van der Waals surface area contributed by atoms with Crippen LogP contribution in [0.4, 0.5) is 10.5 Å². The van der Waals surface area contributed by atoms with E-state index >= 15 is 0 Å². The number of amides is 2. The van der Waals surface area contributed by atoms with Crippen LogP contribution in [0.1, 0.15) is 54.9 Å². The number of benzene rings is 4.